The first-order valence-electron chi connectivity index (χ1n) is 4.60. The molecule has 2 aromatic rings. The summed E-state index contributed by atoms with van der Waals surface area (Å²) >= 11 is 5.07. The third-order valence-electron chi connectivity index (χ3n) is 2.19. The van der Waals surface area contributed by atoms with E-state index < -0.39 is 0 Å². The lowest BCUT2D eigenvalue weighted by molar-refractivity contribution is 1.20. The maximum absolute atomic E-state index is 5.58. The molecule has 0 amide bonds. The molecule has 15 heavy (non-hydrogen) atoms. The van der Waals surface area contributed by atoms with Gasteiger partial charge in [-0.05, 0) is 24.1 Å². The summed E-state index contributed by atoms with van der Waals surface area (Å²) in [5.74, 6) is 0. The first kappa shape index (κ1) is 10.6. The normalized spacial score (nSPS) is 10.5. The van der Waals surface area contributed by atoms with Crippen LogP contribution in [0.5, 0.6) is 0 Å². The van der Waals surface area contributed by atoms with Crippen molar-refractivity contribution in [3.05, 3.63) is 44.9 Å². The lowest BCUT2D eigenvalue weighted by Crippen LogP contribution is -1.86. The van der Waals surface area contributed by atoms with E-state index in [0.717, 1.165) is 10.9 Å². The van der Waals surface area contributed by atoms with Crippen molar-refractivity contribution in [1.29, 1.82) is 0 Å². The average molecular weight is 283 g/mol. The van der Waals surface area contributed by atoms with Crippen LogP contribution in [0.15, 0.2) is 28.9 Å². The third kappa shape index (κ3) is 2.58. The summed E-state index contributed by atoms with van der Waals surface area (Å²) in [7, 11) is 0. The van der Waals surface area contributed by atoms with Crippen molar-refractivity contribution in [2.75, 3.05) is 5.73 Å². The molecule has 0 radical (unpaired) electrons. The second-order valence-electron chi connectivity index (χ2n) is 3.43. The van der Waals surface area contributed by atoms with Crippen LogP contribution in [-0.4, -0.2) is 4.98 Å². The van der Waals surface area contributed by atoms with Crippen molar-refractivity contribution in [3.63, 3.8) is 0 Å². The summed E-state index contributed by atoms with van der Waals surface area (Å²) in [4.78, 5) is 5.23. The SMILES string of the molecule is Cc1ccc(Cc2cnc(N)s2)cc1Br. The van der Waals surface area contributed by atoms with Crippen molar-refractivity contribution >= 4 is 32.4 Å². The molecule has 0 aliphatic rings. The quantitative estimate of drug-likeness (QED) is 0.917. The minimum absolute atomic E-state index is 0.635. The van der Waals surface area contributed by atoms with Gasteiger partial charge >= 0.3 is 0 Å². The standard InChI is InChI=1S/C11H11BrN2S/c1-7-2-3-8(5-10(7)12)4-9-6-14-11(13)15-9/h2-3,5-6H,4H2,1H3,(H2,13,14). The molecule has 78 valence electrons. The van der Waals surface area contributed by atoms with Crippen LogP contribution in [0.4, 0.5) is 5.13 Å². The van der Waals surface area contributed by atoms with Crippen molar-refractivity contribution in [2.45, 2.75) is 13.3 Å². The number of thiazole rings is 1. The van der Waals surface area contributed by atoms with Gasteiger partial charge in [-0.15, -0.1) is 11.3 Å². The summed E-state index contributed by atoms with van der Waals surface area (Å²) in [6.45, 7) is 2.08. The summed E-state index contributed by atoms with van der Waals surface area (Å²) in [5, 5.41) is 0.635. The van der Waals surface area contributed by atoms with Gasteiger partial charge in [0.1, 0.15) is 0 Å². The summed E-state index contributed by atoms with van der Waals surface area (Å²) in [6.07, 6.45) is 2.74. The number of benzene rings is 1. The highest BCUT2D eigenvalue weighted by Crippen LogP contribution is 2.22. The number of nitrogens with zero attached hydrogens (tertiary/aromatic N) is 1. The minimum atomic E-state index is 0.635. The fourth-order valence-electron chi connectivity index (χ4n) is 1.35. The van der Waals surface area contributed by atoms with E-state index >= 15 is 0 Å². The Morgan fingerprint density at radius 3 is 2.87 bits per heavy atom. The van der Waals surface area contributed by atoms with Crippen LogP contribution in [-0.2, 0) is 6.42 Å². The maximum atomic E-state index is 5.58. The number of hydrogen-bond acceptors (Lipinski definition) is 3. The fourth-order valence-corrected chi connectivity index (χ4v) is 2.50. The van der Waals surface area contributed by atoms with Gasteiger partial charge in [-0.3, -0.25) is 0 Å². The largest absolute Gasteiger partial charge is 0.375 e. The van der Waals surface area contributed by atoms with Gasteiger partial charge < -0.3 is 5.73 Å². The highest BCUT2D eigenvalue weighted by Gasteiger charge is 2.02. The molecule has 1 aromatic heterocycles. The molecular formula is C11H11BrN2S. The first-order valence-corrected chi connectivity index (χ1v) is 6.21. The summed E-state index contributed by atoms with van der Waals surface area (Å²) in [6, 6.07) is 6.39. The number of halogens is 1. The van der Waals surface area contributed by atoms with Crippen LogP contribution < -0.4 is 5.73 Å². The molecule has 0 aliphatic carbocycles. The Morgan fingerprint density at radius 1 is 1.47 bits per heavy atom. The van der Waals surface area contributed by atoms with Crippen molar-refractivity contribution in [3.8, 4) is 0 Å². The van der Waals surface area contributed by atoms with Crippen molar-refractivity contribution in [1.82, 2.24) is 4.98 Å². The molecule has 0 spiro atoms. The van der Waals surface area contributed by atoms with E-state index in [2.05, 4.69) is 46.0 Å². The van der Waals surface area contributed by atoms with E-state index in [9.17, 15) is 0 Å². The van der Waals surface area contributed by atoms with Gasteiger partial charge in [-0.25, -0.2) is 4.98 Å². The Kier molecular flexibility index (Phi) is 3.07. The molecule has 2 N–H and O–H groups in total. The van der Waals surface area contributed by atoms with Crippen LogP contribution in [0, 0.1) is 6.92 Å². The zero-order valence-corrected chi connectivity index (χ0v) is 10.7. The highest BCUT2D eigenvalue weighted by atomic mass is 79.9. The molecule has 1 aromatic carbocycles. The van der Waals surface area contributed by atoms with Gasteiger partial charge in [0.05, 0.1) is 0 Å². The molecular weight excluding hydrogens is 272 g/mol. The molecule has 0 atom stereocenters. The number of aryl methyl sites for hydroxylation is 1. The van der Waals surface area contributed by atoms with Crippen LogP contribution >= 0.6 is 27.3 Å². The van der Waals surface area contributed by atoms with Crippen LogP contribution in [0.2, 0.25) is 0 Å². The van der Waals surface area contributed by atoms with Crippen molar-refractivity contribution in [2.24, 2.45) is 0 Å². The topological polar surface area (TPSA) is 38.9 Å². The van der Waals surface area contributed by atoms with Crippen LogP contribution in [0.3, 0.4) is 0 Å². The predicted octanol–water partition coefficient (Wildman–Crippen LogP) is 3.39. The van der Waals surface area contributed by atoms with E-state index in [-0.39, 0.29) is 0 Å². The van der Waals surface area contributed by atoms with E-state index in [4.69, 9.17) is 5.73 Å². The molecule has 0 bridgehead atoms. The lowest BCUT2D eigenvalue weighted by Gasteiger charge is -2.02. The smallest absolute Gasteiger partial charge is 0.180 e. The zero-order valence-electron chi connectivity index (χ0n) is 8.33. The number of nitrogen functional groups attached to an aromatic ring is 1. The molecule has 1 heterocycles. The van der Waals surface area contributed by atoms with Gasteiger partial charge in [-0.1, -0.05) is 28.1 Å². The molecule has 2 nitrogen and oxygen atoms in total. The monoisotopic (exact) mass is 282 g/mol. The number of rotatable bonds is 2. The van der Waals surface area contributed by atoms with Gasteiger partial charge in [-0.2, -0.15) is 0 Å². The van der Waals surface area contributed by atoms with Gasteiger partial charge in [0.2, 0.25) is 0 Å². The molecule has 2 rings (SSSR count). The third-order valence-corrected chi connectivity index (χ3v) is 3.87. The van der Waals surface area contributed by atoms with E-state index in [1.54, 1.807) is 11.3 Å². The van der Waals surface area contributed by atoms with E-state index in [0.29, 0.717) is 5.13 Å². The van der Waals surface area contributed by atoms with Gasteiger partial charge in [0.15, 0.2) is 5.13 Å². The molecule has 4 heteroatoms. The molecule has 0 fully saturated rings. The van der Waals surface area contributed by atoms with E-state index in [1.165, 1.54) is 16.0 Å². The Morgan fingerprint density at radius 2 is 2.27 bits per heavy atom. The molecule has 0 unspecified atom stereocenters. The second-order valence-corrected chi connectivity index (χ2v) is 5.43. The average Bonchev–Trinajstić information content (AvgIpc) is 2.58. The lowest BCUT2D eigenvalue weighted by atomic mass is 10.1. The number of anilines is 1. The Hall–Kier alpha value is -0.870. The minimum Gasteiger partial charge on any atom is -0.375 e. The fraction of sp³-hybridized carbons (Fsp3) is 0.182. The first-order chi connectivity index (χ1) is 7.15. The van der Waals surface area contributed by atoms with Gasteiger partial charge in [0, 0.05) is 22.0 Å². The zero-order chi connectivity index (χ0) is 10.8. The number of hydrogen-bond donors (Lipinski definition) is 1. The summed E-state index contributed by atoms with van der Waals surface area (Å²) in [5.41, 5.74) is 8.11. The Bertz CT molecular complexity index is 479. The number of nitrogens with two attached hydrogens (primary N) is 1. The Balaban J connectivity index is 2.21. The highest BCUT2D eigenvalue weighted by molar-refractivity contribution is 9.10. The number of aromatic nitrogens is 1. The van der Waals surface area contributed by atoms with E-state index in [1.807, 2.05) is 6.20 Å². The Labute approximate surface area is 101 Å². The van der Waals surface area contributed by atoms with Gasteiger partial charge in [0.25, 0.3) is 0 Å². The molecule has 0 aliphatic heterocycles. The molecule has 0 saturated carbocycles. The summed E-state index contributed by atoms with van der Waals surface area (Å²) < 4.78 is 1.15. The second kappa shape index (κ2) is 4.33. The maximum Gasteiger partial charge on any atom is 0.180 e. The van der Waals surface area contributed by atoms with Crippen molar-refractivity contribution < 1.29 is 0 Å². The molecule has 0 saturated heterocycles. The van der Waals surface area contributed by atoms with Crippen LogP contribution in [0.1, 0.15) is 16.0 Å². The predicted molar refractivity (Wildman–Crippen MR) is 68.2 cm³/mol. The van der Waals surface area contributed by atoms with Crippen LogP contribution in [0.25, 0.3) is 0 Å².